The lowest BCUT2D eigenvalue weighted by molar-refractivity contribution is 0.0310. The molecule has 0 aromatic heterocycles. The Morgan fingerprint density at radius 1 is 1.27 bits per heavy atom. The molecule has 0 radical (unpaired) electrons. The Morgan fingerprint density at radius 2 is 1.91 bits per heavy atom. The molecule has 0 amide bonds. The topological polar surface area (TPSA) is 48.9 Å². The van der Waals surface area contributed by atoms with E-state index >= 15 is 0 Å². The smallest absolute Gasteiger partial charge is 0.191 e. The third-order valence-electron chi connectivity index (χ3n) is 4.11. The van der Waals surface area contributed by atoms with Crippen LogP contribution in [0.1, 0.15) is 40.5 Å². The predicted octanol–water partition coefficient (Wildman–Crippen LogP) is 2.32. The number of nitrogens with one attached hydrogen (secondary N) is 2. The zero-order valence-electron chi connectivity index (χ0n) is 14.9. The van der Waals surface area contributed by atoms with Crippen LogP contribution in [0.25, 0.3) is 0 Å². The molecule has 0 unspecified atom stereocenters. The van der Waals surface area contributed by atoms with Crippen LogP contribution in [-0.2, 0) is 4.74 Å². The van der Waals surface area contributed by atoms with Crippen LogP contribution in [0.5, 0.6) is 0 Å². The Kier molecular flexibility index (Phi) is 11.4. The van der Waals surface area contributed by atoms with Crippen LogP contribution in [0, 0.1) is 5.92 Å². The van der Waals surface area contributed by atoms with Gasteiger partial charge >= 0.3 is 0 Å². The maximum atomic E-state index is 5.41. The molecule has 1 rings (SSSR count). The molecular weight excluding hydrogens is 391 g/mol. The lowest BCUT2D eigenvalue weighted by Gasteiger charge is -2.30. The molecule has 0 aromatic rings. The van der Waals surface area contributed by atoms with Gasteiger partial charge in [0.1, 0.15) is 0 Å². The van der Waals surface area contributed by atoms with Gasteiger partial charge in [0.05, 0.1) is 12.1 Å². The first-order valence-corrected chi connectivity index (χ1v) is 8.26. The van der Waals surface area contributed by atoms with Crippen LogP contribution in [0.4, 0.5) is 0 Å². The van der Waals surface area contributed by atoms with Crippen molar-refractivity contribution < 1.29 is 4.74 Å². The van der Waals surface area contributed by atoms with Crippen LogP contribution < -0.4 is 10.6 Å². The highest BCUT2D eigenvalue weighted by molar-refractivity contribution is 14.0. The first kappa shape index (κ1) is 21.9. The van der Waals surface area contributed by atoms with E-state index in [0.29, 0.717) is 6.54 Å². The van der Waals surface area contributed by atoms with E-state index in [9.17, 15) is 0 Å². The van der Waals surface area contributed by atoms with Crippen molar-refractivity contribution in [2.45, 2.75) is 46.1 Å². The number of nitrogens with zero attached hydrogens (tertiary/aromatic N) is 2. The molecular formula is C16H35IN4O. The quantitative estimate of drug-likeness (QED) is 0.373. The molecule has 5 nitrogen and oxygen atoms in total. The van der Waals surface area contributed by atoms with Gasteiger partial charge < -0.3 is 20.3 Å². The number of guanidine groups is 1. The molecule has 0 aliphatic carbocycles. The van der Waals surface area contributed by atoms with Gasteiger partial charge in [-0.2, -0.15) is 0 Å². The second kappa shape index (κ2) is 11.5. The SMILES string of the molecule is CCNC(=NCC(C)(C)OC)NCCN1CCC(C)CC1.I. The molecule has 1 fully saturated rings. The third kappa shape index (κ3) is 9.15. The molecule has 6 heteroatoms. The molecule has 1 aliphatic heterocycles. The fraction of sp³-hybridized carbons (Fsp3) is 0.938. The molecule has 0 saturated carbocycles. The average molecular weight is 426 g/mol. The van der Waals surface area contributed by atoms with Crippen molar-refractivity contribution in [3.63, 3.8) is 0 Å². The molecule has 0 atom stereocenters. The fourth-order valence-corrected chi connectivity index (χ4v) is 2.29. The van der Waals surface area contributed by atoms with E-state index in [2.05, 4.69) is 48.2 Å². The Hall–Kier alpha value is -0.0800. The van der Waals surface area contributed by atoms with Crippen molar-refractivity contribution in [3.05, 3.63) is 0 Å². The summed E-state index contributed by atoms with van der Waals surface area (Å²) < 4.78 is 5.41. The molecule has 132 valence electrons. The van der Waals surface area contributed by atoms with E-state index in [-0.39, 0.29) is 29.6 Å². The highest BCUT2D eigenvalue weighted by Crippen LogP contribution is 2.15. The Morgan fingerprint density at radius 3 is 2.45 bits per heavy atom. The molecule has 1 aliphatic rings. The summed E-state index contributed by atoms with van der Waals surface area (Å²) in [5, 5.41) is 6.71. The van der Waals surface area contributed by atoms with E-state index in [0.717, 1.165) is 31.5 Å². The minimum absolute atomic E-state index is 0. The van der Waals surface area contributed by atoms with Crippen molar-refractivity contribution in [1.29, 1.82) is 0 Å². The summed E-state index contributed by atoms with van der Waals surface area (Å²) in [4.78, 5) is 7.14. The van der Waals surface area contributed by atoms with Gasteiger partial charge in [0.15, 0.2) is 5.96 Å². The largest absolute Gasteiger partial charge is 0.377 e. The van der Waals surface area contributed by atoms with Crippen LogP contribution in [-0.4, -0.2) is 62.8 Å². The highest BCUT2D eigenvalue weighted by atomic mass is 127. The van der Waals surface area contributed by atoms with Gasteiger partial charge in [0.2, 0.25) is 0 Å². The number of piperidine rings is 1. The van der Waals surface area contributed by atoms with Gasteiger partial charge in [-0.15, -0.1) is 24.0 Å². The minimum atomic E-state index is -0.217. The number of methoxy groups -OCH3 is 1. The van der Waals surface area contributed by atoms with Gasteiger partial charge in [-0.3, -0.25) is 4.99 Å². The maximum absolute atomic E-state index is 5.41. The summed E-state index contributed by atoms with van der Waals surface area (Å²) in [5.74, 6) is 1.78. The molecule has 0 bridgehead atoms. The number of hydrogen-bond donors (Lipinski definition) is 2. The fourth-order valence-electron chi connectivity index (χ4n) is 2.29. The molecule has 0 aromatic carbocycles. The number of rotatable bonds is 7. The van der Waals surface area contributed by atoms with E-state index in [1.54, 1.807) is 7.11 Å². The number of ether oxygens (including phenoxy) is 1. The van der Waals surface area contributed by atoms with E-state index < -0.39 is 0 Å². The maximum Gasteiger partial charge on any atom is 0.191 e. The lowest BCUT2D eigenvalue weighted by atomic mass is 9.99. The second-order valence-corrected chi connectivity index (χ2v) is 6.61. The summed E-state index contributed by atoms with van der Waals surface area (Å²) >= 11 is 0. The number of halogens is 1. The van der Waals surface area contributed by atoms with Crippen LogP contribution in [0.2, 0.25) is 0 Å². The first-order chi connectivity index (χ1) is 9.96. The van der Waals surface area contributed by atoms with Crippen LogP contribution in [0.15, 0.2) is 4.99 Å². The zero-order chi connectivity index (χ0) is 15.7. The Labute approximate surface area is 153 Å². The molecule has 22 heavy (non-hydrogen) atoms. The van der Waals surface area contributed by atoms with Crippen molar-refractivity contribution in [2.24, 2.45) is 10.9 Å². The van der Waals surface area contributed by atoms with Crippen LogP contribution >= 0.6 is 24.0 Å². The molecule has 2 N–H and O–H groups in total. The molecule has 1 saturated heterocycles. The van der Waals surface area contributed by atoms with Crippen molar-refractivity contribution in [2.75, 3.05) is 46.4 Å². The monoisotopic (exact) mass is 426 g/mol. The molecule has 1 heterocycles. The average Bonchev–Trinajstić information content (AvgIpc) is 2.47. The Bertz CT molecular complexity index is 315. The van der Waals surface area contributed by atoms with Gasteiger partial charge in [-0.25, -0.2) is 0 Å². The van der Waals surface area contributed by atoms with Crippen molar-refractivity contribution >= 4 is 29.9 Å². The minimum Gasteiger partial charge on any atom is -0.377 e. The van der Waals surface area contributed by atoms with E-state index in [1.807, 2.05) is 0 Å². The molecule has 0 spiro atoms. The van der Waals surface area contributed by atoms with Crippen molar-refractivity contribution in [3.8, 4) is 0 Å². The van der Waals surface area contributed by atoms with Gasteiger partial charge in [0, 0.05) is 26.7 Å². The van der Waals surface area contributed by atoms with Gasteiger partial charge in [0.25, 0.3) is 0 Å². The summed E-state index contributed by atoms with van der Waals surface area (Å²) in [6.45, 7) is 14.6. The zero-order valence-corrected chi connectivity index (χ0v) is 17.3. The Balaban J connectivity index is 0.00000441. The van der Waals surface area contributed by atoms with Crippen LogP contribution in [0.3, 0.4) is 0 Å². The summed E-state index contributed by atoms with van der Waals surface area (Å²) in [6, 6.07) is 0. The summed E-state index contributed by atoms with van der Waals surface area (Å²) in [5.41, 5.74) is -0.217. The highest BCUT2D eigenvalue weighted by Gasteiger charge is 2.16. The number of likely N-dealkylation sites (tertiary alicyclic amines) is 1. The number of aliphatic imine (C=N–C) groups is 1. The van der Waals surface area contributed by atoms with E-state index in [4.69, 9.17) is 4.74 Å². The third-order valence-corrected chi connectivity index (χ3v) is 4.11. The van der Waals surface area contributed by atoms with Gasteiger partial charge in [-0.1, -0.05) is 6.92 Å². The number of hydrogen-bond acceptors (Lipinski definition) is 3. The normalized spacial score (nSPS) is 18.0. The summed E-state index contributed by atoms with van der Waals surface area (Å²) in [6.07, 6.45) is 2.66. The van der Waals surface area contributed by atoms with E-state index in [1.165, 1.54) is 25.9 Å². The van der Waals surface area contributed by atoms with Crippen molar-refractivity contribution in [1.82, 2.24) is 15.5 Å². The standard InChI is InChI=1S/C16H34N4O.HI/c1-6-17-15(19-13-16(3,4)21-5)18-9-12-20-10-7-14(2)8-11-20;/h14H,6-13H2,1-5H3,(H2,17,18,19);1H. The lowest BCUT2D eigenvalue weighted by Crippen LogP contribution is -2.44. The summed E-state index contributed by atoms with van der Waals surface area (Å²) in [7, 11) is 1.73. The predicted molar refractivity (Wildman–Crippen MR) is 105 cm³/mol. The second-order valence-electron chi connectivity index (χ2n) is 6.61. The van der Waals surface area contributed by atoms with Gasteiger partial charge in [-0.05, 0) is 52.6 Å². The first-order valence-electron chi connectivity index (χ1n) is 8.26.